The highest BCUT2D eigenvalue weighted by Crippen LogP contribution is 2.31. The fourth-order valence-corrected chi connectivity index (χ4v) is 4.52. The van der Waals surface area contributed by atoms with Crippen LogP contribution in [0.3, 0.4) is 0 Å². The maximum absolute atomic E-state index is 12.3. The van der Waals surface area contributed by atoms with E-state index >= 15 is 0 Å². The average molecular weight is 415 g/mol. The molecule has 0 saturated heterocycles. The molecule has 0 saturated carbocycles. The Hall–Kier alpha value is -2.12. The number of benzene rings is 1. The topological polar surface area (TPSA) is 59.8 Å². The van der Waals surface area contributed by atoms with E-state index in [0.717, 1.165) is 34.3 Å². The van der Waals surface area contributed by atoms with Gasteiger partial charge in [-0.1, -0.05) is 31.7 Å². The Balaban J connectivity index is 1.68. The summed E-state index contributed by atoms with van der Waals surface area (Å²) in [7, 11) is 0. The van der Waals surface area contributed by atoms with E-state index in [1.165, 1.54) is 22.2 Å². The molecule has 0 fully saturated rings. The number of hydrogen-bond donors (Lipinski definition) is 1. The average Bonchev–Trinajstić information content (AvgIpc) is 3.29. The van der Waals surface area contributed by atoms with E-state index in [-0.39, 0.29) is 5.91 Å². The highest BCUT2D eigenvalue weighted by atomic mass is 32.2. The van der Waals surface area contributed by atoms with Gasteiger partial charge in [-0.05, 0) is 56.0 Å². The number of thioether (sulfide) groups is 1. The number of amides is 1. The fraction of sp³-hybridized carbons (Fsp3) is 0.381. The highest BCUT2D eigenvalue weighted by Gasteiger charge is 2.16. The summed E-state index contributed by atoms with van der Waals surface area (Å²) < 4.78 is 2.07. The number of thiophene rings is 1. The summed E-state index contributed by atoms with van der Waals surface area (Å²) in [6.45, 7) is 11.3. The van der Waals surface area contributed by atoms with Gasteiger partial charge in [-0.15, -0.1) is 21.5 Å². The molecule has 0 aliphatic heterocycles. The lowest BCUT2D eigenvalue weighted by molar-refractivity contribution is -0.113. The molecule has 0 radical (unpaired) electrons. The number of aromatic nitrogens is 3. The number of rotatable bonds is 7. The monoisotopic (exact) mass is 414 g/mol. The Kier molecular flexibility index (Phi) is 6.57. The van der Waals surface area contributed by atoms with Crippen LogP contribution in [0.15, 0.2) is 34.8 Å². The number of nitrogens with one attached hydrogen (secondary N) is 1. The van der Waals surface area contributed by atoms with Gasteiger partial charge in [0.25, 0.3) is 0 Å². The van der Waals surface area contributed by atoms with E-state index in [4.69, 9.17) is 0 Å². The quantitative estimate of drug-likeness (QED) is 0.519. The van der Waals surface area contributed by atoms with Crippen LogP contribution in [0.4, 0.5) is 5.69 Å². The second kappa shape index (κ2) is 8.92. The molecule has 0 aliphatic carbocycles. The van der Waals surface area contributed by atoms with Gasteiger partial charge in [0, 0.05) is 28.1 Å². The summed E-state index contributed by atoms with van der Waals surface area (Å²) in [5.41, 5.74) is 4.29. The molecule has 3 rings (SSSR count). The number of aryl methyl sites for hydroxylation is 2. The molecule has 0 unspecified atom stereocenters. The molecule has 1 N–H and O–H groups in total. The molecule has 0 spiro atoms. The summed E-state index contributed by atoms with van der Waals surface area (Å²) in [5.74, 6) is 1.62. The lowest BCUT2D eigenvalue weighted by Gasteiger charge is -2.08. The first-order valence-electron chi connectivity index (χ1n) is 9.41. The van der Waals surface area contributed by atoms with E-state index in [0.29, 0.717) is 11.7 Å². The normalized spacial score (nSPS) is 11.2. The van der Waals surface area contributed by atoms with Gasteiger partial charge < -0.3 is 9.88 Å². The van der Waals surface area contributed by atoms with Crippen LogP contribution < -0.4 is 5.32 Å². The number of carbonyl (C=O) groups is 1. The van der Waals surface area contributed by atoms with Crippen LogP contribution in [-0.2, 0) is 11.3 Å². The zero-order valence-corrected chi connectivity index (χ0v) is 18.6. The van der Waals surface area contributed by atoms with Crippen molar-refractivity contribution >= 4 is 34.7 Å². The summed E-state index contributed by atoms with van der Waals surface area (Å²) in [4.78, 5) is 13.7. The second-order valence-corrected chi connectivity index (χ2v) is 8.96. The fourth-order valence-electron chi connectivity index (χ4n) is 2.81. The molecule has 2 aromatic heterocycles. The van der Waals surface area contributed by atoms with E-state index in [1.54, 1.807) is 11.3 Å². The summed E-state index contributed by atoms with van der Waals surface area (Å²) in [6, 6.07) is 8.13. The molecular weight excluding hydrogens is 388 g/mol. The Labute approximate surface area is 174 Å². The lowest BCUT2D eigenvalue weighted by atomic mass is 10.1. The number of carbonyl (C=O) groups excluding carboxylic acids is 1. The third kappa shape index (κ3) is 4.64. The first-order chi connectivity index (χ1) is 13.4. The van der Waals surface area contributed by atoms with Crippen LogP contribution in [0.5, 0.6) is 0 Å². The number of anilines is 1. The van der Waals surface area contributed by atoms with Gasteiger partial charge in [0.1, 0.15) is 0 Å². The predicted octanol–water partition coefficient (Wildman–Crippen LogP) is 5.50. The molecule has 148 valence electrons. The van der Waals surface area contributed by atoms with E-state index in [1.807, 2.05) is 25.1 Å². The minimum atomic E-state index is -0.0434. The van der Waals surface area contributed by atoms with Crippen LogP contribution >= 0.6 is 23.1 Å². The first-order valence-corrected chi connectivity index (χ1v) is 11.3. The molecule has 0 aliphatic rings. The van der Waals surface area contributed by atoms with Crippen LogP contribution in [0.1, 0.15) is 42.7 Å². The Morgan fingerprint density at radius 2 is 2.00 bits per heavy atom. The van der Waals surface area contributed by atoms with E-state index < -0.39 is 0 Å². The van der Waals surface area contributed by atoms with Crippen molar-refractivity contribution in [1.29, 1.82) is 0 Å². The molecule has 28 heavy (non-hydrogen) atoms. The van der Waals surface area contributed by atoms with Crippen LogP contribution in [0.25, 0.3) is 11.4 Å². The second-order valence-electron chi connectivity index (χ2n) is 7.08. The molecule has 1 aromatic carbocycles. The van der Waals surface area contributed by atoms with Crippen molar-refractivity contribution in [1.82, 2.24) is 14.8 Å². The standard InChI is InChI=1S/C21H26N4OS2/c1-6-25-20(16-10-18(13(2)3)27-11-16)23-24-21(25)28-12-19(26)22-17-8-7-14(4)15(5)9-17/h7-11,13H,6,12H2,1-5H3,(H,22,26). The minimum Gasteiger partial charge on any atom is -0.325 e. The van der Waals surface area contributed by atoms with Crippen molar-refractivity contribution in [3.05, 3.63) is 45.6 Å². The first kappa shape index (κ1) is 20.6. The summed E-state index contributed by atoms with van der Waals surface area (Å²) in [5, 5.41) is 14.6. The van der Waals surface area contributed by atoms with Gasteiger partial charge in [-0.25, -0.2) is 0 Å². The van der Waals surface area contributed by atoms with Gasteiger partial charge in [-0.2, -0.15) is 0 Å². The Bertz CT molecular complexity index is 975. The van der Waals surface area contributed by atoms with Gasteiger partial charge in [0.05, 0.1) is 5.75 Å². The van der Waals surface area contributed by atoms with Crippen LogP contribution in [0, 0.1) is 13.8 Å². The van der Waals surface area contributed by atoms with Crippen LogP contribution in [0.2, 0.25) is 0 Å². The highest BCUT2D eigenvalue weighted by molar-refractivity contribution is 7.99. The van der Waals surface area contributed by atoms with E-state index in [9.17, 15) is 4.79 Å². The van der Waals surface area contributed by atoms with Gasteiger partial charge >= 0.3 is 0 Å². The Morgan fingerprint density at radius 1 is 1.21 bits per heavy atom. The van der Waals surface area contributed by atoms with Gasteiger partial charge in [0.2, 0.25) is 5.91 Å². The molecule has 7 heteroatoms. The molecule has 3 aromatic rings. The molecule has 1 amide bonds. The molecule has 5 nitrogen and oxygen atoms in total. The maximum atomic E-state index is 12.3. The predicted molar refractivity (Wildman–Crippen MR) is 118 cm³/mol. The van der Waals surface area contributed by atoms with E-state index in [2.05, 4.69) is 59.2 Å². The van der Waals surface area contributed by atoms with Crippen molar-refractivity contribution < 1.29 is 4.79 Å². The summed E-state index contributed by atoms with van der Waals surface area (Å²) >= 11 is 3.17. The molecule has 0 atom stereocenters. The van der Waals surface area contributed by atoms with Crippen LogP contribution in [-0.4, -0.2) is 26.4 Å². The maximum Gasteiger partial charge on any atom is 0.234 e. The minimum absolute atomic E-state index is 0.0434. The summed E-state index contributed by atoms with van der Waals surface area (Å²) in [6.07, 6.45) is 0. The third-order valence-electron chi connectivity index (χ3n) is 4.60. The smallest absolute Gasteiger partial charge is 0.234 e. The molecule has 0 bridgehead atoms. The van der Waals surface area contributed by atoms with Gasteiger partial charge in [0.15, 0.2) is 11.0 Å². The molecule has 2 heterocycles. The zero-order chi connectivity index (χ0) is 20.3. The van der Waals surface area contributed by atoms with Crippen molar-refractivity contribution in [2.75, 3.05) is 11.1 Å². The van der Waals surface area contributed by atoms with Crippen molar-refractivity contribution in [3.8, 4) is 11.4 Å². The van der Waals surface area contributed by atoms with Crippen molar-refractivity contribution in [2.24, 2.45) is 0 Å². The number of hydrogen-bond acceptors (Lipinski definition) is 5. The third-order valence-corrected chi connectivity index (χ3v) is 6.80. The molecular formula is C21H26N4OS2. The Morgan fingerprint density at radius 3 is 2.64 bits per heavy atom. The van der Waals surface area contributed by atoms with Crippen molar-refractivity contribution in [3.63, 3.8) is 0 Å². The largest absolute Gasteiger partial charge is 0.325 e. The van der Waals surface area contributed by atoms with Gasteiger partial charge in [-0.3, -0.25) is 4.79 Å². The SMILES string of the molecule is CCn1c(SCC(=O)Nc2ccc(C)c(C)c2)nnc1-c1csc(C(C)C)c1. The number of nitrogens with zero attached hydrogens (tertiary/aromatic N) is 3. The lowest BCUT2D eigenvalue weighted by Crippen LogP contribution is -2.14. The zero-order valence-electron chi connectivity index (χ0n) is 16.9. The van der Waals surface area contributed by atoms with Crippen molar-refractivity contribution in [2.45, 2.75) is 52.2 Å².